The van der Waals surface area contributed by atoms with E-state index in [-0.39, 0.29) is 17.6 Å². The third-order valence-corrected chi connectivity index (χ3v) is 5.89. The highest BCUT2D eigenvalue weighted by atomic mass is 16.5. The summed E-state index contributed by atoms with van der Waals surface area (Å²) in [6.45, 7) is 4.01. The normalized spacial score (nSPS) is 15.6. The van der Waals surface area contributed by atoms with E-state index < -0.39 is 0 Å². The van der Waals surface area contributed by atoms with Crippen LogP contribution in [-0.2, 0) is 4.74 Å². The number of carbonyl (C=O) groups is 1. The maximum Gasteiger partial charge on any atom is 0.273 e. The van der Waals surface area contributed by atoms with E-state index in [1.807, 2.05) is 49.5 Å². The van der Waals surface area contributed by atoms with Crippen molar-refractivity contribution in [3.05, 3.63) is 66.2 Å². The molecule has 0 spiro atoms. The number of carbonyl (C=O) groups excluding carboxylic acids is 1. The predicted molar refractivity (Wildman–Crippen MR) is 132 cm³/mol. The molecule has 1 fully saturated rings. The van der Waals surface area contributed by atoms with Crippen LogP contribution < -0.4 is 19.1 Å². The summed E-state index contributed by atoms with van der Waals surface area (Å²) in [5, 5.41) is 0. The fourth-order valence-electron chi connectivity index (χ4n) is 4.15. The highest BCUT2D eigenvalue weighted by Crippen LogP contribution is 2.33. The third-order valence-electron chi connectivity index (χ3n) is 5.89. The average molecular weight is 479 g/mol. The molecule has 3 heterocycles. The first kappa shape index (κ1) is 24.3. The average Bonchev–Trinajstić information content (AvgIpc) is 2.89. The summed E-state index contributed by atoms with van der Waals surface area (Å²) >= 11 is 0. The van der Waals surface area contributed by atoms with E-state index in [9.17, 15) is 4.79 Å². The van der Waals surface area contributed by atoms with Gasteiger partial charge in [0.1, 0.15) is 17.2 Å². The largest absolute Gasteiger partial charge is 0.494 e. The van der Waals surface area contributed by atoms with Gasteiger partial charge in [-0.15, -0.1) is 0 Å². The van der Waals surface area contributed by atoms with Crippen molar-refractivity contribution >= 4 is 11.6 Å². The number of rotatable bonds is 8. The lowest BCUT2D eigenvalue weighted by Crippen LogP contribution is -2.57. The van der Waals surface area contributed by atoms with Gasteiger partial charge in [0.05, 0.1) is 44.9 Å². The SMILES string of the molecule is COC[C@H]1CN(c2cnc(C)cc2OC)CCN1C(=O)c1cc(OC)c(Oc2ccccc2)cn1. The van der Waals surface area contributed by atoms with Crippen molar-refractivity contribution in [2.75, 3.05) is 52.5 Å². The van der Waals surface area contributed by atoms with E-state index >= 15 is 0 Å². The molecule has 1 aliphatic rings. The zero-order valence-corrected chi connectivity index (χ0v) is 20.4. The zero-order valence-electron chi connectivity index (χ0n) is 20.4. The molecule has 0 N–H and O–H groups in total. The van der Waals surface area contributed by atoms with Gasteiger partial charge in [-0.3, -0.25) is 9.78 Å². The molecule has 184 valence electrons. The molecule has 0 aliphatic carbocycles. The molecule has 9 heteroatoms. The van der Waals surface area contributed by atoms with Crippen LogP contribution in [0.2, 0.25) is 0 Å². The van der Waals surface area contributed by atoms with E-state index in [2.05, 4.69) is 14.9 Å². The standard InChI is InChI=1S/C26H30N4O5/c1-18-12-23(33-3)22(14-27-18)29-10-11-30(19(16-29)17-32-2)26(31)21-13-24(34-4)25(15-28-21)35-20-8-6-5-7-9-20/h5-9,12-15,19H,10-11,16-17H2,1-4H3/t19-/m1/s1. The molecule has 0 saturated carbocycles. The summed E-state index contributed by atoms with van der Waals surface area (Å²) in [4.78, 5) is 26.3. The Labute approximate surface area is 205 Å². The number of para-hydroxylation sites is 1. The molecule has 0 radical (unpaired) electrons. The van der Waals surface area contributed by atoms with Crippen LogP contribution in [0.3, 0.4) is 0 Å². The molecular weight excluding hydrogens is 448 g/mol. The maximum atomic E-state index is 13.5. The quantitative estimate of drug-likeness (QED) is 0.486. The third kappa shape index (κ3) is 5.46. The molecule has 1 aromatic carbocycles. The predicted octanol–water partition coefficient (Wildman–Crippen LogP) is 3.57. The van der Waals surface area contributed by atoms with E-state index in [0.29, 0.717) is 43.5 Å². The number of benzene rings is 1. The fraction of sp³-hybridized carbons (Fsp3) is 0.346. The minimum Gasteiger partial charge on any atom is -0.494 e. The van der Waals surface area contributed by atoms with Crippen molar-refractivity contribution in [3.63, 3.8) is 0 Å². The van der Waals surface area contributed by atoms with Gasteiger partial charge in [-0.2, -0.15) is 0 Å². The van der Waals surface area contributed by atoms with E-state index in [0.717, 1.165) is 17.1 Å². The van der Waals surface area contributed by atoms with Gasteiger partial charge >= 0.3 is 0 Å². The molecule has 1 saturated heterocycles. The number of anilines is 1. The van der Waals surface area contributed by atoms with Crippen LogP contribution in [0.15, 0.2) is 54.9 Å². The van der Waals surface area contributed by atoms with Crippen molar-refractivity contribution in [2.24, 2.45) is 0 Å². The Morgan fingerprint density at radius 1 is 0.971 bits per heavy atom. The second-order valence-electron chi connectivity index (χ2n) is 8.19. The van der Waals surface area contributed by atoms with Gasteiger partial charge in [-0.05, 0) is 19.1 Å². The Hall–Kier alpha value is -3.85. The van der Waals surface area contributed by atoms with Crippen LogP contribution in [0.1, 0.15) is 16.2 Å². The van der Waals surface area contributed by atoms with Crippen molar-refractivity contribution in [1.29, 1.82) is 0 Å². The Kier molecular flexibility index (Phi) is 7.67. The van der Waals surface area contributed by atoms with Crippen molar-refractivity contribution in [1.82, 2.24) is 14.9 Å². The maximum absolute atomic E-state index is 13.5. The lowest BCUT2D eigenvalue weighted by molar-refractivity contribution is 0.0494. The number of hydrogen-bond acceptors (Lipinski definition) is 8. The number of pyridine rings is 2. The molecule has 35 heavy (non-hydrogen) atoms. The lowest BCUT2D eigenvalue weighted by atomic mass is 10.1. The summed E-state index contributed by atoms with van der Waals surface area (Å²) in [5.41, 5.74) is 2.06. The highest BCUT2D eigenvalue weighted by molar-refractivity contribution is 5.93. The van der Waals surface area contributed by atoms with Crippen molar-refractivity contribution < 1.29 is 23.7 Å². The molecule has 0 unspecified atom stereocenters. The summed E-state index contributed by atoms with van der Waals surface area (Å²) < 4.78 is 22.4. The first-order valence-corrected chi connectivity index (χ1v) is 11.4. The van der Waals surface area contributed by atoms with Crippen LogP contribution in [0.5, 0.6) is 23.0 Å². The summed E-state index contributed by atoms with van der Waals surface area (Å²) in [6, 6.07) is 12.7. The minimum atomic E-state index is -0.190. The van der Waals surface area contributed by atoms with Gasteiger partial charge < -0.3 is 28.7 Å². The molecule has 3 aromatic rings. The fourth-order valence-corrected chi connectivity index (χ4v) is 4.15. The van der Waals surface area contributed by atoms with E-state index in [4.69, 9.17) is 18.9 Å². The van der Waals surface area contributed by atoms with Crippen LogP contribution in [0, 0.1) is 6.92 Å². The molecule has 2 aromatic heterocycles. The number of piperazine rings is 1. The number of ether oxygens (including phenoxy) is 4. The van der Waals surface area contributed by atoms with Crippen LogP contribution >= 0.6 is 0 Å². The van der Waals surface area contributed by atoms with Gasteiger partial charge in [0, 0.05) is 44.6 Å². The number of nitrogens with zero attached hydrogens (tertiary/aromatic N) is 4. The Bertz CT molecular complexity index is 1160. The van der Waals surface area contributed by atoms with Gasteiger partial charge in [-0.25, -0.2) is 4.98 Å². The molecule has 1 aliphatic heterocycles. The van der Waals surface area contributed by atoms with Crippen molar-refractivity contribution in [3.8, 4) is 23.0 Å². The summed E-state index contributed by atoms with van der Waals surface area (Å²) in [5.74, 6) is 2.10. The monoisotopic (exact) mass is 478 g/mol. The van der Waals surface area contributed by atoms with Crippen LogP contribution in [-0.4, -0.2) is 74.4 Å². The number of aryl methyl sites for hydroxylation is 1. The van der Waals surface area contributed by atoms with Gasteiger partial charge in [0.25, 0.3) is 5.91 Å². The Balaban J connectivity index is 1.53. The van der Waals surface area contributed by atoms with Gasteiger partial charge in [0.15, 0.2) is 11.5 Å². The second-order valence-corrected chi connectivity index (χ2v) is 8.19. The Morgan fingerprint density at radius 2 is 1.74 bits per heavy atom. The van der Waals surface area contributed by atoms with E-state index in [1.54, 1.807) is 25.2 Å². The van der Waals surface area contributed by atoms with Gasteiger partial charge in [-0.1, -0.05) is 18.2 Å². The zero-order chi connectivity index (χ0) is 24.8. The van der Waals surface area contributed by atoms with Gasteiger partial charge in [0.2, 0.25) is 0 Å². The molecule has 1 atom stereocenters. The molecule has 4 rings (SSSR count). The summed E-state index contributed by atoms with van der Waals surface area (Å²) in [6.07, 6.45) is 3.33. The molecular formula is C26H30N4O5. The van der Waals surface area contributed by atoms with Crippen LogP contribution in [0.25, 0.3) is 0 Å². The van der Waals surface area contributed by atoms with Crippen LogP contribution in [0.4, 0.5) is 5.69 Å². The number of methoxy groups -OCH3 is 3. The number of aromatic nitrogens is 2. The minimum absolute atomic E-state index is 0.180. The first-order valence-electron chi connectivity index (χ1n) is 11.4. The molecule has 9 nitrogen and oxygen atoms in total. The molecule has 0 bridgehead atoms. The number of amides is 1. The molecule has 1 amide bonds. The first-order chi connectivity index (χ1) is 17.0. The Morgan fingerprint density at radius 3 is 2.46 bits per heavy atom. The number of hydrogen-bond donors (Lipinski definition) is 0. The topological polar surface area (TPSA) is 86.3 Å². The lowest BCUT2D eigenvalue weighted by Gasteiger charge is -2.42. The second kappa shape index (κ2) is 11.1. The highest BCUT2D eigenvalue weighted by Gasteiger charge is 2.33. The van der Waals surface area contributed by atoms with Crippen molar-refractivity contribution in [2.45, 2.75) is 13.0 Å². The summed E-state index contributed by atoms with van der Waals surface area (Å²) in [7, 11) is 4.82. The smallest absolute Gasteiger partial charge is 0.273 e. The van der Waals surface area contributed by atoms with E-state index in [1.165, 1.54) is 13.3 Å².